The van der Waals surface area contributed by atoms with Crippen LogP contribution in [0.5, 0.6) is 0 Å². The van der Waals surface area contributed by atoms with Crippen molar-refractivity contribution in [2.45, 2.75) is 26.4 Å². The minimum atomic E-state index is -0.532. The lowest BCUT2D eigenvalue weighted by molar-refractivity contribution is 0.0636. The molecule has 2 aromatic rings. The Bertz CT molecular complexity index is 614. The molecule has 1 heterocycles. The Morgan fingerprint density at radius 3 is 2.75 bits per heavy atom. The molecule has 2 rings (SSSR count). The molecule has 6 nitrogen and oxygen atoms in total. The van der Waals surface area contributed by atoms with E-state index >= 15 is 0 Å². The molecule has 1 aromatic heterocycles. The molecule has 0 radical (unpaired) electrons. The van der Waals surface area contributed by atoms with Gasteiger partial charge in [-0.1, -0.05) is 12.1 Å². The van der Waals surface area contributed by atoms with Gasteiger partial charge in [-0.15, -0.1) is 0 Å². The third-order valence-electron chi connectivity index (χ3n) is 2.47. The fourth-order valence-electron chi connectivity index (χ4n) is 1.70. The maximum Gasteiger partial charge on any atom is 0.412 e. The fourth-order valence-corrected chi connectivity index (χ4v) is 1.70. The van der Waals surface area contributed by atoms with Gasteiger partial charge < -0.3 is 10.5 Å². The number of carbonyl (C=O) groups excluding carboxylic acids is 1. The molecule has 4 N–H and O–H groups in total. The highest BCUT2D eigenvalue weighted by molar-refractivity contribution is 5.86. The van der Waals surface area contributed by atoms with Crippen LogP contribution in [0.15, 0.2) is 30.5 Å². The summed E-state index contributed by atoms with van der Waals surface area (Å²) in [6, 6.07) is 7.28. The van der Waals surface area contributed by atoms with Crippen LogP contribution in [0.4, 0.5) is 16.2 Å². The first-order valence-electron chi connectivity index (χ1n) is 6.24. The van der Waals surface area contributed by atoms with Gasteiger partial charge in [0, 0.05) is 11.3 Å². The van der Waals surface area contributed by atoms with Crippen LogP contribution in [0.2, 0.25) is 0 Å². The van der Waals surface area contributed by atoms with E-state index in [9.17, 15) is 4.79 Å². The molecule has 6 heteroatoms. The largest absolute Gasteiger partial charge is 0.444 e. The van der Waals surface area contributed by atoms with E-state index in [1.54, 1.807) is 18.3 Å². The summed E-state index contributed by atoms with van der Waals surface area (Å²) in [7, 11) is 0. The van der Waals surface area contributed by atoms with Crippen LogP contribution < -0.4 is 11.1 Å². The lowest BCUT2D eigenvalue weighted by atomic mass is 10.1. The zero-order valence-electron chi connectivity index (χ0n) is 11.7. The van der Waals surface area contributed by atoms with Gasteiger partial charge in [0.2, 0.25) is 0 Å². The Kier molecular flexibility index (Phi) is 3.65. The summed E-state index contributed by atoms with van der Waals surface area (Å²) in [4.78, 5) is 11.7. The molecular formula is C14H18N4O2. The Labute approximate surface area is 117 Å². The molecule has 0 aliphatic heterocycles. The molecule has 0 saturated carbocycles. The molecule has 0 spiro atoms. The minimum Gasteiger partial charge on any atom is -0.444 e. The van der Waals surface area contributed by atoms with E-state index in [0.717, 1.165) is 11.3 Å². The van der Waals surface area contributed by atoms with Crippen molar-refractivity contribution in [3.8, 4) is 11.3 Å². The van der Waals surface area contributed by atoms with Crippen molar-refractivity contribution in [1.82, 2.24) is 10.2 Å². The molecular weight excluding hydrogens is 256 g/mol. The molecule has 0 fully saturated rings. The van der Waals surface area contributed by atoms with E-state index in [1.807, 2.05) is 32.9 Å². The number of amides is 1. The van der Waals surface area contributed by atoms with E-state index in [2.05, 4.69) is 15.5 Å². The Hall–Kier alpha value is -2.50. The topological polar surface area (TPSA) is 93.0 Å². The minimum absolute atomic E-state index is 0.493. The highest BCUT2D eigenvalue weighted by Crippen LogP contribution is 2.25. The highest BCUT2D eigenvalue weighted by Gasteiger charge is 2.16. The number of hydrogen-bond donors (Lipinski definition) is 3. The van der Waals surface area contributed by atoms with Crippen LogP contribution in [-0.2, 0) is 4.74 Å². The average Bonchev–Trinajstić information content (AvgIpc) is 2.73. The summed E-state index contributed by atoms with van der Waals surface area (Å²) >= 11 is 0. The van der Waals surface area contributed by atoms with Crippen molar-refractivity contribution in [2.24, 2.45) is 0 Å². The smallest absolute Gasteiger partial charge is 0.412 e. The van der Waals surface area contributed by atoms with Gasteiger partial charge in [-0.3, -0.25) is 10.4 Å². The first kappa shape index (κ1) is 13.9. The number of nitrogens with two attached hydrogens (primary N) is 1. The standard InChI is InChI=1S/C14H18N4O2/c1-14(2,3)20-13(19)17-10-6-4-5-9(7-10)12-11(15)8-16-18-12/h4-8H,15H2,1-3H3,(H,16,18)(H,17,19). The van der Waals surface area contributed by atoms with Crippen molar-refractivity contribution in [1.29, 1.82) is 0 Å². The van der Waals surface area contributed by atoms with Gasteiger partial charge in [0.05, 0.1) is 17.6 Å². The van der Waals surface area contributed by atoms with Crippen LogP contribution in [0.1, 0.15) is 20.8 Å². The summed E-state index contributed by atoms with van der Waals surface area (Å²) in [6.45, 7) is 5.44. The van der Waals surface area contributed by atoms with Gasteiger partial charge in [-0.2, -0.15) is 5.10 Å². The van der Waals surface area contributed by atoms with Crippen molar-refractivity contribution in [2.75, 3.05) is 11.1 Å². The molecule has 1 aromatic carbocycles. The summed E-state index contributed by atoms with van der Waals surface area (Å²) in [5, 5.41) is 9.38. The van der Waals surface area contributed by atoms with Crippen LogP contribution in [0.3, 0.4) is 0 Å². The van der Waals surface area contributed by atoms with Crippen LogP contribution >= 0.6 is 0 Å². The molecule has 0 bridgehead atoms. The molecule has 0 aliphatic rings. The summed E-state index contributed by atoms with van der Waals surface area (Å²) in [5.74, 6) is 0. The number of aromatic amines is 1. The lowest BCUT2D eigenvalue weighted by Gasteiger charge is -2.19. The van der Waals surface area contributed by atoms with Crippen molar-refractivity contribution in [3.05, 3.63) is 30.5 Å². The van der Waals surface area contributed by atoms with Crippen molar-refractivity contribution < 1.29 is 9.53 Å². The molecule has 0 unspecified atom stereocenters. The molecule has 20 heavy (non-hydrogen) atoms. The van der Waals surface area contributed by atoms with E-state index < -0.39 is 11.7 Å². The number of benzene rings is 1. The molecule has 0 atom stereocenters. The number of nitrogen functional groups attached to an aromatic ring is 1. The van der Waals surface area contributed by atoms with Crippen LogP contribution in [0, 0.1) is 0 Å². The normalized spacial score (nSPS) is 11.2. The molecule has 1 amide bonds. The second kappa shape index (κ2) is 5.24. The number of nitrogens with zero attached hydrogens (tertiary/aromatic N) is 1. The molecule has 106 valence electrons. The third-order valence-corrected chi connectivity index (χ3v) is 2.47. The van der Waals surface area contributed by atoms with Gasteiger partial charge in [-0.25, -0.2) is 4.79 Å². The average molecular weight is 274 g/mol. The summed E-state index contributed by atoms with van der Waals surface area (Å²) in [6.07, 6.45) is 1.05. The Morgan fingerprint density at radius 1 is 1.40 bits per heavy atom. The summed E-state index contributed by atoms with van der Waals surface area (Å²) in [5.41, 5.74) is 8.02. The van der Waals surface area contributed by atoms with Crippen LogP contribution in [0.25, 0.3) is 11.3 Å². The zero-order valence-corrected chi connectivity index (χ0v) is 11.7. The monoisotopic (exact) mass is 274 g/mol. The van der Waals surface area contributed by atoms with E-state index in [1.165, 1.54) is 0 Å². The van der Waals surface area contributed by atoms with Gasteiger partial charge in [0.15, 0.2) is 0 Å². The number of anilines is 2. The first-order chi connectivity index (χ1) is 9.35. The SMILES string of the molecule is CC(C)(C)OC(=O)Nc1cccc(-c2[nH]ncc2N)c1. The Balaban J connectivity index is 2.15. The predicted molar refractivity (Wildman–Crippen MR) is 78.3 cm³/mol. The van der Waals surface area contributed by atoms with Crippen molar-refractivity contribution in [3.63, 3.8) is 0 Å². The van der Waals surface area contributed by atoms with Gasteiger partial charge in [0.1, 0.15) is 5.60 Å². The maximum atomic E-state index is 11.7. The number of aromatic nitrogens is 2. The van der Waals surface area contributed by atoms with Crippen molar-refractivity contribution >= 4 is 17.5 Å². The summed E-state index contributed by atoms with van der Waals surface area (Å²) < 4.78 is 5.20. The van der Waals surface area contributed by atoms with E-state index in [4.69, 9.17) is 10.5 Å². The number of nitrogens with one attached hydrogen (secondary N) is 2. The number of ether oxygens (including phenoxy) is 1. The molecule has 0 saturated heterocycles. The lowest BCUT2D eigenvalue weighted by Crippen LogP contribution is -2.27. The second-order valence-corrected chi connectivity index (χ2v) is 5.41. The highest BCUT2D eigenvalue weighted by atomic mass is 16.6. The zero-order chi connectivity index (χ0) is 14.8. The first-order valence-corrected chi connectivity index (χ1v) is 6.24. The van der Waals surface area contributed by atoms with E-state index in [-0.39, 0.29) is 0 Å². The van der Waals surface area contributed by atoms with Gasteiger partial charge in [0.25, 0.3) is 0 Å². The quantitative estimate of drug-likeness (QED) is 0.784. The number of carbonyl (C=O) groups is 1. The van der Waals surface area contributed by atoms with Crippen LogP contribution in [-0.4, -0.2) is 21.9 Å². The molecule has 0 aliphatic carbocycles. The van der Waals surface area contributed by atoms with E-state index in [0.29, 0.717) is 11.4 Å². The fraction of sp³-hybridized carbons (Fsp3) is 0.286. The number of hydrogen-bond acceptors (Lipinski definition) is 4. The van der Waals surface area contributed by atoms with Gasteiger partial charge in [-0.05, 0) is 32.9 Å². The predicted octanol–water partition coefficient (Wildman–Crippen LogP) is 3.01. The number of H-pyrrole nitrogens is 1. The second-order valence-electron chi connectivity index (χ2n) is 5.41. The van der Waals surface area contributed by atoms with Gasteiger partial charge >= 0.3 is 6.09 Å². The third kappa shape index (κ3) is 3.50. The maximum absolute atomic E-state index is 11.7. The Morgan fingerprint density at radius 2 is 2.15 bits per heavy atom. The number of rotatable bonds is 2.